The fraction of sp³-hybridized carbons (Fsp3) is 0.375. The van der Waals surface area contributed by atoms with Crippen LogP contribution in [0.25, 0.3) is 0 Å². The molecule has 0 saturated carbocycles. The van der Waals surface area contributed by atoms with Crippen molar-refractivity contribution in [2.45, 2.75) is 0 Å². The van der Waals surface area contributed by atoms with Gasteiger partial charge in [-0.2, -0.15) is 0 Å². The fourth-order valence-electron chi connectivity index (χ4n) is 0.817. The minimum atomic E-state index is -0.310. The zero-order valence-electron chi connectivity index (χ0n) is 7.60. The van der Waals surface area contributed by atoms with Crippen LogP contribution in [0.2, 0.25) is 0 Å². The first-order valence-corrected chi connectivity index (χ1v) is 3.79. The van der Waals surface area contributed by atoms with Gasteiger partial charge < -0.3 is 9.64 Å². The molecule has 0 aromatic carbocycles. The van der Waals surface area contributed by atoms with Gasteiger partial charge in [-0.15, -0.1) is 0 Å². The molecule has 0 N–H and O–H groups in total. The van der Waals surface area contributed by atoms with E-state index in [0.29, 0.717) is 5.95 Å². The molecule has 0 amide bonds. The Kier molecular flexibility index (Phi) is 3.19. The monoisotopic (exact) mass is 181 g/mol. The number of hydrogen-bond acceptors (Lipinski definition) is 5. The van der Waals surface area contributed by atoms with Crippen LogP contribution in [0, 0.1) is 0 Å². The predicted octanol–water partition coefficient (Wildman–Crippen LogP) is 0.0858. The number of carbonyl (C=O) groups excluding carboxylic acids is 1. The topological polar surface area (TPSA) is 55.3 Å². The minimum absolute atomic E-state index is 0.153. The van der Waals surface area contributed by atoms with E-state index in [1.165, 1.54) is 7.11 Å². The Morgan fingerprint density at radius 3 is 2.69 bits per heavy atom. The number of carbonyl (C=O) groups is 1. The molecule has 1 aromatic heterocycles. The third-order valence-corrected chi connectivity index (χ3v) is 1.49. The van der Waals surface area contributed by atoms with Crippen LogP contribution in [-0.2, 0) is 9.53 Å². The maximum Gasteiger partial charge on any atom is 0.325 e. The van der Waals surface area contributed by atoms with E-state index in [4.69, 9.17) is 0 Å². The molecule has 1 aromatic rings. The van der Waals surface area contributed by atoms with E-state index in [-0.39, 0.29) is 12.5 Å². The lowest BCUT2D eigenvalue weighted by atomic mass is 10.5. The lowest BCUT2D eigenvalue weighted by Crippen LogP contribution is -2.27. The number of hydrogen-bond donors (Lipinski definition) is 0. The molecule has 0 atom stereocenters. The van der Waals surface area contributed by atoms with Crippen LogP contribution in [0.4, 0.5) is 5.95 Å². The first-order chi connectivity index (χ1) is 6.24. The summed E-state index contributed by atoms with van der Waals surface area (Å²) in [6.07, 6.45) is 3.24. The number of ether oxygens (including phenoxy) is 1. The van der Waals surface area contributed by atoms with E-state index >= 15 is 0 Å². The summed E-state index contributed by atoms with van der Waals surface area (Å²) in [6.45, 7) is 0.153. The van der Waals surface area contributed by atoms with Crippen molar-refractivity contribution in [3.63, 3.8) is 0 Å². The van der Waals surface area contributed by atoms with Crippen molar-refractivity contribution in [2.24, 2.45) is 0 Å². The van der Waals surface area contributed by atoms with Crippen molar-refractivity contribution in [3.8, 4) is 0 Å². The Hall–Kier alpha value is -1.65. The smallest absolute Gasteiger partial charge is 0.325 e. The van der Waals surface area contributed by atoms with Gasteiger partial charge >= 0.3 is 5.97 Å². The van der Waals surface area contributed by atoms with Gasteiger partial charge in [0.25, 0.3) is 0 Å². The Morgan fingerprint density at radius 2 is 2.15 bits per heavy atom. The molecule has 0 fully saturated rings. The first kappa shape index (κ1) is 9.44. The quantitative estimate of drug-likeness (QED) is 0.618. The van der Waals surface area contributed by atoms with Crippen LogP contribution in [0.3, 0.4) is 0 Å². The second-order valence-electron chi connectivity index (χ2n) is 2.48. The summed E-state index contributed by atoms with van der Waals surface area (Å²) < 4.78 is 4.51. The summed E-state index contributed by atoms with van der Waals surface area (Å²) >= 11 is 0. The van der Waals surface area contributed by atoms with Crippen LogP contribution < -0.4 is 4.90 Å². The molecule has 0 unspecified atom stereocenters. The highest BCUT2D eigenvalue weighted by molar-refractivity contribution is 5.74. The molecule has 0 bridgehead atoms. The summed E-state index contributed by atoms with van der Waals surface area (Å²) in [6, 6.07) is 1.72. The second-order valence-corrected chi connectivity index (χ2v) is 2.48. The number of anilines is 1. The highest BCUT2D eigenvalue weighted by Crippen LogP contribution is 2.00. The summed E-state index contributed by atoms with van der Waals surface area (Å²) in [4.78, 5) is 20.4. The highest BCUT2D eigenvalue weighted by atomic mass is 16.5. The lowest BCUT2D eigenvalue weighted by Gasteiger charge is -2.14. The highest BCUT2D eigenvalue weighted by Gasteiger charge is 2.08. The van der Waals surface area contributed by atoms with E-state index < -0.39 is 0 Å². The van der Waals surface area contributed by atoms with Gasteiger partial charge in [0.1, 0.15) is 6.54 Å². The zero-order valence-corrected chi connectivity index (χ0v) is 7.60. The molecule has 0 radical (unpaired) electrons. The van der Waals surface area contributed by atoms with Crippen LogP contribution in [-0.4, -0.2) is 36.6 Å². The number of esters is 1. The average Bonchev–Trinajstić information content (AvgIpc) is 2.19. The molecule has 1 rings (SSSR count). The molecule has 0 spiro atoms. The van der Waals surface area contributed by atoms with Crippen molar-refractivity contribution in [1.29, 1.82) is 0 Å². The molecule has 0 aliphatic heterocycles. The molecular formula is C8H11N3O2. The van der Waals surface area contributed by atoms with Crippen molar-refractivity contribution >= 4 is 11.9 Å². The van der Waals surface area contributed by atoms with Gasteiger partial charge in [0.05, 0.1) is 7.11 Å². The molecular weight excluding hydrogens is 170 g/mol. The summed E-state index contributed by atoms with van der Waals surface area (Å²) in [7, 11) is 3.08. The van der Waals surface area contributed by atoms with Gasteiger partial charge in [-0.25, -0.2) is 9.97 Å². The van der Waals surface area contributed by atoms with E-state index in [0.717, 1.165) is 0 Å². The lowest BCUT2D eigenvalue weighted by molar-refractivity contribution is -0.138. The molecule has 0 aliphatic carbocycles. The molecule has 0 aliphatic rings. The van der Waals surface area contributed by atoms with E-state index in [1.54, 1.807) is 30.4 Å². The molecule has 5 nitrogen and oxygen atoms in total. The maximum absolute atomic E-state index is 10.9. The largest absolute Gasteiger partial charge is 0.468 e. The Bertz CT molecular complexity index is 276. The summed E-state index contributed by atoms with van der Waals surface area (Å²) in [5.74, 6) is 0.197. The van der Waals surface area contributed by atoms with Crippen molar-refractivity contribution in [2.75, 3.05) is 25.6 Å². The van der Waals surface area contributed by atoms with Crippen molar-refractivity contribution < 1.29 is 9.53 Å². The van der Waals surface area contributed by atoms with Gasteiger partial charge in [-0.1, -0.05) is 0 Å². The molecule has 5 heteroatoms. The number of methoxy groups -OCH3 is 1. The Morgan fingerprint density at radius 1 is 1.54 bits per heavy atom. The van der Waals surface area contributed by atoms with Crippen LogP contribution in [0.1, 0.15) is 0 Å². The van der Waals surface area contributed by atoms with Gasteiger partial charge in [0.2, 0.25) is 5.95 Å². The number of nitrogens with zero attached hydrogens (tertiary/aromatic N) is 3. The fourth-order valence-corrected chi connectivity index (χ4v) is 0.817. The second kappa shape index (κ2) is 4.39. The first-order valence-electron chi connectivity index (χ1n) is 3.79. The maximum atomic E-state index is 10.9. The summed E-state index contributed by atoms with van der Waals surface area (Å²) in [5.41, 5.74) is 0. The number of aromatic nitrogens is 2. The van der Waals surface area contributed by atoms with Crippen LogP contribution >= 0.6 is 0 Å². The van der Waals surface area contributed by atoms with Gasteiger partial charge in [-0.05, 0) is 6.07 Å². The van der Waals surface area contributed by atoms with Crippen molar-refractivity contribution in [3.05, 3.63) is 18.5 Å². The van der Waals surface area contributed by atoms with Crippen LogP contribution in [0.15, 0.2) is 18.5 Å². The third kappa shape index (κ3) is 2.70. The van der Waals surface area contributed by atoms with E-state index in [1.807, 2.05) is 0 Å². The zero-order chi connectivity index (χ0) is 9.68. The average molecular weight is 181 g/mol. The molecule has 0 saturated heterocycles. The number of likely N-dealkylation sites (N-methyl/N-ethyl adjacent to an activating group) is 1. The van der Waals surface area contributed by atoms with Gasteiger partial charge in [-0.3, -0.25) is 4.79 Å². The number of rotatable bonds is 3. The van der Waals surface area contributed by atoms with E-state index in [9.17, 15) is 4.79 Å². The SMILES string of the molecule is COC(=O)CN(C)c1ncccn1. The molecule has 13 heavy (non-hydrogen) atoms. The van der Waals surface area contributed by atoms with Crippen molar-refractivity contribution in [1.82, 2.24) is 9.97 Å². The molecule has 1 heterocycles. The summed E-state index contributed by atoms with van der Waals surface area (Å²) in [5, 5.41) is 0. The normalized spacial score (nSPS) is 9.38. The Labute approximate surface area is 76.4 Å². The van der Waals surface area contributed by atoms with E-state index in [2.05, 4.69) is 14.7 Å². The third-order valence-electron chi connectivity index (χ3n) is 1.49. The van der Waals surface area contributed by atoms with Gasteiger partial charge in [0.15, 0.2) is 0 Å². The Balaban J connectivity index is 2.59. The van der Waals surface area contributed by atoms with Crippen LogP contribution in [0.5, 0.6) is 0 Å². The standard InChI is InChI=1S/C8H11N3O2/c1-11(6-7(12)13-2)8-9-4-3-5-10-8/h3-5H,6H2,1-2H3. The molecule has 70 valence electrons. The minimum Gasteiger partial charge on any atom is -0.468 e. The van der Waals surface area contributed by atoms with Gasteiger partial charge in [0, 0.05) is 19.4 Å². The predicted molar refractivity (Wildman–Crippen MR) is 47.3 cm³/mol.